The highest BCUT2D eigenvalue weighted by atomic mass is 32.2. The van der Waals surface area contributed by atoms with E-state index in [1.165, 1.54) is 0 Å². The van der Waals surface area contributed by atoms with Crippen molar-refractivity contribution < 1.29 is 17.6 Å². The summed E-state index contributed by atoms with van der Waals surface area (Å²) < 4.78 is 39.6. The van der Waals surface area contributed by atoms with Crippen LogP contribution in [0.4, 0.5) is 9.52 Å². The molecule has 0 saturated heterocycles. The van der Waals surface area contributed by atoms with Gasteiger partial charge >= 0.3 is 0 Å². The summed E-state index contributed by atoms with van der Waals surface area (Å²) in [5.41, 5.74) is 0.445. The van der Waals surface area contributed by atoms with E-state index in [1.807, 2.05) is 6.92 Å². The Morgan fingerprint density at radius 1 is 1.30 bits per heavy atom. The molecule has 2 N–H and O–H groups in total. The fourth-order valence-corrected chi connectivity index (χ4v) is 3.87. The van der Waals surface area contributed by atoms with Gasteiger partial charge in [0.05, 0.1) is 10.6 Å². The molecule has 1 aromatic carbocycles. The van der Waals surface area contributed by atoms with Crippen molar-refractivity contribution in [2.75, 3.05) is 11.3 Å². The van der Waals surface area contributed by atoms with Gasteiger partial charge in [0, 0.05) is 6.54 Å². The third-order valence-corrected chi connectivity index (χ3v) is 5.44. The second-order valence-corrected chi connectivity index (χ2v) is 7.43. The van der Waals surface area contributed by atoms with Gasteiger partial charge in [0.2, 0.25) is 0 Å². The zero-order valence-corrected chi connectivity index (χ0v) is 14.2. The van der Waals surface area contributed by atoms with E-state index in [-0.39, 0.29) is 15.9 Å². The second-order valence-electron chi connectivity index (χ2n) is 4.75. The molecular formula is C14H16FN3O3S2. The highest BCUT2D eigenvalue weighted by Crippen LogP contribution is 2.25. The summed E-state index contributed by atoms with van der Waals surface area (Å²) in [7, 11) is -3.88. The van der Waals surface area contributed by atoms with E-state index in [0.717, 1.165) is 42.0 Å². The highest BCUT2D eigenvalue weighted by molar-refractivity contribution is 7.93. The number of anilines is 1. The summed E-state index contributed by atoms with van der Waals surface area (Å²) in [5.74, 6) is -0.807. The molecule has 124 valence electrons. The molecule has 9 heteroatoms. The van der Waals surface area contributed by atoms with Crippen LogP contribution in [0.2, 0.25) is 0 Å². The number of aromatic nitrogens is 1. The number of aryl methyl sites for hydroxylation is 1. The first kappa shape index (κ1) is 17.4. The van der Waals surface area contributed by atoms with E-state index in [4.69, 9.17) is 0 Å². The number of thiazole rings is 1. The second kappa shape index (κ2) is 7.05. The molecule has 1 heterocycles. The average Bonchev–Trinajstić information content (AvgIpc) is 2.85. The molecule has 0 saturated carbocycles. The Morgan fingerprint density at radius 2 is 1.96 bits per heavy atom. The number of rotatable bonds is 6. The Kier molecular flexibility index (Phi) is 5.32. The molecule has 0 atom stereocenters. The molecule has 0 unspecified atom stereocenters. The largest absolute Gasteiger partial charge is 0.351 e. The summed E-state index contributed by atoms with van der Waals surface area (Å²) >= 11 is 0.955. The normalized spacial score (nSPS) is 11.3. The molecule has 1 aromatic heterocycles. The maximum absolute atomic E-state index is 12.9. The smallest absolute Gasteiger partial charge is 0.263 e. The van der Waals surface area contributed by atoms with Gasteiger partial charge in [0.25, 0.3) is 15.9 Å². The zero-order valence-electron chi connectivity index (χ0n) is 12.6. The topological polar surface area (TPSA) is 88.2 Å². The Hall–Kier alpha value is -2.00. The maximum atomic E-state index is 12.9. The lowest BCUT2D eigenvalue weighted by Gasteiger charge is -2.04. The number of hydrogen-bond acceptors (Lipinski definition) is 5. The Bertz CT molecular complexity index is 801. The van der Waals surface area contributed by atoms with Crippen LogP contribution in [0.15, 0.2) is 29.2 Å². The third kappa shape index (κ3) is 4.26. The van der Waals surface area contributed by atoms with Crippen molar-refractivity contribution in [1.82, 2.24) is 10.3 Å². The molecule has 0 aliphatic heterocycles. The standard InChI is InChI=1S/C14H16FN3O3S2/c1-3-8-16-13(19)12-9(2)17-14(22-12)18-23(20,21)11-6-4-10(15)5-7-11/h4-7H,3,8H2,1-2H3,(H,16,19)(H,17,18). The van der Waals surface area contributed by atoms with E-state index in [0.29, 0.717) is 17.1 Å². The molecule has 1 amide bonds. The highest BCUT2D eigenvalue weighted by Gasteiger charge is 2.20. The van der Waals surface area contributed by atoms with Gasteiger partial charge in [-0.25, -0.2) is 17.8 Å². The van der Waals surface area contributed by atoms with Crippen molar-refractivity contribution in [2.45, 2.75) is 25.2 Å². The van der Waals surface area contributed by atoms with Crippen LogP contribution in [0, 0.1) is 12.7 Å². The number of amides is 1. The van der Waals surface area contributed by atoms with Crippen LogP contribution in [0.25, 0.3) is 0 Å². The lowest BCUT2D eigenvalue weighted by atomic mass is 10.3. The average molecular weight is 357 g/mol. The minimum atomic E-state index is -3.88. The fourth-order valence-electron chi connectivity index (χ4n) is 1.76. The third-order valence-electron chi connectivity index (χ3n) is 2.88. The number of hydrogen-bond donors (Lipinski definition) is 2. The van der Waals surface area contributed by atoms with Crippen LogP contribution in [-0.4, -0.2) is 25.9 Å². The van der Waals surface area contributed by atoms with Gasteiger partial charge in [-0.3, -0.25) is 9.52 Å². The molecular weight excluding hydrogens is 341 g/mol. The minimum Gasteiger partial charge on any atom is -0.351 e. The predicted octanol–water partition coefficient (Wildman–Crippen LogP) is 2.53. The molecule has 2 aromatic rings. The molecule has 0 radical (unpaired) electrons. The van der Waals surface area contributed by atoms with Crippen LogP contribution in [-0.2, 0) is 10.0 Å². The van der Waals surface area contributed by atoms with Gasteiger partial charge in [0.15, 0.2) is 5.13 Å². The maximum Gasteiger partial charge on any atom is 0.263 e. The quantitative estimate of drug-likeness (QED) is 0.831. The lowest BCUT2D eigenvalue weighted by Crippen LogP contribution is -2.23. The summed E-state index contributed by atoms with van der Waals surface area (Å²) in [6.45, 7) is 4.10. The predicted molar refractivity (Wildman–Crippen MR) is 86.7 cm³/mol. The van der Waals surface area contributed by atoms with E-state index in [9.17, 15) is 17.6 Å². The van der Waals surface area contributed by atoms with Gasteiger partial charge in [-0.1, -0.05) is 18.3 Å². The fraction of sp³-hybridized carbons (Fsp3) is 0.286. The first-order chi connectivity index (χ1) is 10.8. The number of benzene rings is 1. The first-order valence-corrected chi connectivity index (χ1v) is 9.17. The molecule has 0 aliphatic carbocycles. The van der Waals surface area contributed by atoms with Crippen molar-refractivity contribution in [1.29, 1.82) is 0 Å². The molecule has 0 bridgehead atoms. The monoisotopic (exact) mass is 357 g/mol. The van der Waals surface area contributed by atoms with E-state index in [1.54, 1.807) is 6.92 Å². The van der Waals surface area contributed by atoms with Crippen molar-refractivity contribution in [3.63, 3.8) is 0 Å². The van der Waals surface area contributed by atoms with Crippen molar-refractivity contribution in [3.05, 3.63) is 40.7 Å². The van der Waals surface area contributed by atoms with Crippen molar-refractivity contribution >= 4 is 32.4 Å². The number of carbonyl (C=O) groups is 1. The Morgan fingerprint density at radius 3 is 2.57 bits per heavy atom. The van der Waals surface area contributed by atoms with Gasteiger partial charge in [-0.15, -0.1) is 0 Å². The summed E-state index contributed by atoms with van der Waals surface area (Å²) in [6.07, 6.45) is 0.799. The summed E-state index contributed by atoms with van der Waals surface area (Å²) in [6, 6.07) is 4.44. The Balaban J connectivity index is 2.20. The lowest BCUT2D eigenvalue weighted by molar-refractivity contribution is 0.0957. The number of sulfonamides is 1. The summed E-state index contributed by atoms with van der Waals surface area (Å²) in [4.78, 5) is 16.3. The molecule has 6 nitrogen and oxygen atoms in total. The van der Waals surface area contributed by atoms with E-state index in [2.05, 4.69) is 15.0 Å². The number of halogens is 1. The van der Waals surface area contributed by atoms with Crippen LogP contribution in [0.5, 0.6) is 0 Å². The van der Waals surface area contributed by atoms with Crippen molar-refractivity contribution in [3.8, 4) is 0 Å². The number of nitrogens with one attached hydrogen (secondary N) is 2. The first-order valence-electron chi connectivity index (χ1n) is 6.87. The molecule has 2 rings (SSSR count). The van der Waals surface area contributed by atoms with Crippen LogP contribution in [0.1, 0.15) is 28.7 Å². The van der Waals surface area contributed by atoms with Crippen molar-refractivity contribution in [2.24, 2.45) is 0 Å². The Labute approximate surface area is 137 Å². The van der Waals surface area contributed by atoms with E-state index >= 15 is 0 Å². The van der Waals surface area contributed by atoms with Crippen LogP contribution < -0.4 is 10.0 Å². The van der Waals surface area contributed by atoms with Crippen LogP contribution >= 0.6 is 11.3 Å². The molecule has 0 spiro atoms. The molecule has 23 heavy (non-hydrogen) atoms. The van der Waals surface area contributed by atoms with Gasteiger partial charge in [-0.05, 0) is 37.6 Å². The summed E-state index contributed by atoms with van der Waals surface area (Å²) in [5, 5.41) is 2.81. The number of nitrogens with zero attached hydrogens (tertiary/aromatic N) is 1. The van der Waals surface area contributed by atoms with Crippen LogP contribution in [0.3, 0.4) is 0 Å². The number of carbonyl (C=O) groups excluding carboxylic acids is 1. The molecule has 0 aliphatic rings. The SMILES string of the molecule is CCCNC(=O)c1sc(NS(=O)(=O)c2ccc(F)cc2)nc1C. The minimum absolute atomic E-state index is 0.0799. The zero-order chi connectivity index (χ0) is 17.0. The van der Waals surface area contributed by atoms with Gasteiger partial charge in [0.1, 0.15) is 10.7 Å². The van der Waals surface area contributed by atoms with Gasteiger partial charge < -0.3 is 5.32 Å². The molecule has 0 fully saturated rings. The van der Waals surface area contributed by atoms with Gasteiger partial charge in [-0.2, -0.15) is 0 Å². The van der Waals surface area contributed by atoms with E-state index < -0.39 is 15.8 Å².